The zero-order valence-electron chi connectivity index (χ0n) is 7.05. The molecule has 2 saturated heterocycles. The molecule has 0 radical (unpaired) electrons. The second-order valence-corrected chi connectivity index (χ2v) is 3.77. The Kier molecular flexibility index (Phi) is 1.63. The van der Waals surface area contributed by atoms with Crippen LogP contribution < -0.4 is 0 Å². The molecule has 62 valence electrons. The van der Waals surface area contributed by atoms with E-state index in [0.29, 0.717) is 18.0 Å². The molecule has 0 spiro atoms. The van der Waals surface area contributed by atoms with Gasteiger partial charge in [0.05, 0.1) is 0 Å². The normalized spacial score (nSPS) is 37.5. The van der Waals surface area contributed by atoms with Gasteiger partial charge < -0.3 is 4.90 Å². The smallest absolute Gasteiger partial charge is 0.223 e. The van der Waals surface area contributed by atoms with Crippen molar-refractivity contribution >= 4 is 5.91 Å². The number of amides is 1. The first-order chi connectivity index (χ1) is 5.29. The summed E-state index contributed by atoms with van der Waals surface area (Å²) in [6, 6.07) is 1.12. The van der Waals surface area contributed by atoms with Crippen LogP contribution in [0, 0.1) is 0 Å². The van der Waals surface area contributed by atoms with Crippen LogP contribution >= 0.6 is 0 Å². The molecule has 0 N–H and O–H groups in total. The standard InChI is InChI=1S/C9H15NO/c1-7-3-2-4-8-5-6-9(11)10(7)8/h7-8H,2-6H2,1H3/t7-,8+/m1/s1. The summed E-state index contributed by atoms with van der Waals surface area (Å²) < 4.78 is 0. The van der Waals surface area contributed by atoms with E-state index in [1.165, 1.54) is 19.3 Å². The fourth-order valence-corrected chi connectivity index (χ4v) is 2.44. The van der Waals surface area contributed by atoms with Crippen molar-refractivity contribution in [3.63, 3.8) is 0 Å². The van der Waals surface area contributed by atoms with Crippen LogP contribution in [0.5, 0.6) is 0 Å². The molecule has 0 aromatic heterocycles. The number of carbonyl (C=O) groups excluding carboxylic acids is 1. The lowest BCUT2D eigenvalue weighted by molar-refractivity contribution is -0.132. The van der Waals surface area contributed by atoms with E-state index in [2.05, 4.69) is 11.8 Å². The maximum atomic E-state index is 11.3. The number of hydrogen-bond acceptors (Lipinski definition) is 1. The summed E-state index contributed by atoms with van der Waals surface area (Å²) >= 11 is 0. The second-order valence-electron chi connectivity index (χ2n) is 3.77. The average molecular weight is 153 g/mol. The zero-order valence-corrected chi connectivity index (χ0v) is 7.05. The van der Waals surface area contributed by atoms with Crippen molar-refractivity contribution in [2.75, 3.05) is 0 Å². The van der Waals surface area contributed by atoms with Crippen LogP contribution in [0.3, 0.4) is 0 Å². The van der Waals surface area contributed by atoms with Crippen LogP contribution in [0.15, 0.2) is 0 Å². The third-order valence-electron chi connectivity index (χ3n) is 3.01. The van der Waals surface area contributed by atoms with Gasteiger partial charge >= 0.3 is 0 Å². The summed E-state index contributed by atoms with van der Waals surface area (Å²) in [5.41, 5.74) is 0. The van der Waals surface area contributed by atoms with Crippen LogP contribution in [0.1, 0.15) is 39.0 Å². The molecular weight excluding hydrogens is 138 g/mol. The van der Waals surface area contributed by atoms with Crippen molar-refractivity contribution in [2.24, 2.45) is 0 Å². The zero-order chi connectivity index (χ0) is 7.84. The molecule has 0 aliphatic carbocycles. The van der Waals surface area contributed by atoms with Gasteiger partial charge in [-0.1, -0.05) is 0 Å². The lowest BCUT2D eigenvalue weighted by Crippen LogP contribution is -2.43. The minimum absolute atomic E-state index is 0.391. The third kappa shape index (κ3) is 1.05. The maximum Gasteiger partial charge on any atom is 0.223 e. The number of rotatable bonds is 0. The Morgan fingerprint density at radius 2 is 2.18 bits per heavy atom. The number of hydrogen-bond donors (Lipinski definition) is 0. The van der Waals surface area contributed by atoms with Crippen LogP contribution in [-0.2, 0) is 4.79 Å². The van der Waals surface area contributed by atoms with Crippen molar-refractivity contribution in [1.29, 1.82) is 0 Å². The van der Waals surface area contributed by atoms with E-state index >= 15 is 0 Å². The largest absolute Gasteiger partial charge is 0.337 e. The Bertz CT molecular complexity index is 178. The molecule has 2 nitrogen and oxygen atoms in total. The Balaban J connectivity index is 2.14. The maximum absolute atomic E-state index is 11.3. The molecule has 11 heavy (non-hydrogen) atoms. The van der Waals surface area contributed by atoms with E-state index in [-0.39, 0.29) is 0 Å². The van der Waals surface area contributed by atoms with E-state index < -0.39 is 0 Å². The fourth-order valence-electron chi connectivity index (χ4n) is 2.44. The highest BCUT2D eigenvalue weighted by Gasteiger charge is 2.36. The van der Waals surface area contributed by atoms with Gasteiger partial charge in [-0.15, -0.1) is 0 Å². The van der Waals surface area contributed by atoms with E-state index in [0.717, 1.165) is 12.8 Å². The summed E-state index contributed by atoms with van der Waals surface area (Å²) in [6.07, 6.45) is 5.69. The van der Waals surface area contributed by atoms with E-state index in [4.69, 9.17) is 0 Å². The first-order valence-corrected chi connectivity index (χ1v) is 4.60. The molecule has 2 atom stereocenters. The van der Waals surface area contributed by atoms with Gasteiger partial charge in [0.15, 0.2) is 0 Å². The van der Waals surface area contributed by atoms with Crippen molar-refractivity contribution in [3.05, 3.63) is 0 Å². The summed E-state index contributed by atoms with van der Waals surface area (Å²) in [4.78, 5) is 13.5. The van der Waals surface area contributed by atoms with Crippen molar-refractivity contribution < 1.29 is 4.79 Å². The number of fused-ring (bicyclic) bond motifs is 1. The Labute approximate surface area is 67.6 Å². The predicted molar refractivity (Wildman–Crippen MR) is 43.2 cm³/mol. The fraction of sp³-hybridized carbons (Fsp3) is 0.889. The third-order valence-corrected chi connectivity index (χ3v) is 3.01. The van der Waals surface area contributed by atoms with E-state index in [1.54, 1.807) is 0 Å². The van der Waals surface area contributed by atoms with Crippen LogP contribution in [0.2, 0.25) is 0 Å². The minimum atomic E-state index is 0.391. The summed E-state index contributed by atoms with van der Waals surface area (Å²) in [6.45, 7) is 2.18. The molecular formula is C9H15NO. The summed E-state index contributed by atoms with van der Waals surface area (Å²) in [5, 5.41) is 0. The predicted octanol–water partition coefficient (Wildman–Crippen LogP) is 1.55. The molecule has 0 unspecified atom stereocenters. The average Bonchev–Trinajstić information content (AvgIpc) is 2.34. The first kappa shape index (κ1) is 7.14. The van der Waals surface area contributed by atoms with Gasteiger partial charge in [0.2, 0.25) is 5.91 Å². The van der Waals surface area contributed by atoms with Gasteiger partial charge in [-0.3, -0.25) is 4.79 Å². The highest BCUT2D eigenvalue weighted by molar-refractivity contribution is 5.79. The topological polar surface area (TPSA) is 20.3 Å². The number of nitrogens with zero attached hydrogens (tertiary/aromatic N) is 1. The quantitative estimate of drug-likeness (QED) is 0.517. The summed E-state index contributed by atoms with van der Waals surface area (Å²) in [5.74, 6) is 0.391. The lowest BCUT2D eigenvalue weighted by atomic mass is 9.98. The highest BCUT2D eigenvalue weighted by atomic mass is 16.2. The Morgan fingerprint density at radius 1 is 1.36 bits per heavy atom. The SMILES string of the molecule is C[C@@H]1CCC[C@H]2CCC(=O)N21. The number of piperidine rings is 1. The van der Waals surface area contributed by atoms with Crippen molar-refractivity contribution in [3.8, 4) is 0 Å². The molecule has 0 aromatic rings. The van der Waals surface area contributed by atoms with Crippen molar-refractivity contribution in [2.45, 2.75) is 51.1 Å². The second kappa shape index (κ2) is 2.50. The van der Waals surface area contributed by atoms with E-state index in [1.807, 2.05) is 0 Å². The van der Waals surface area contributed by atoms with Gasteiger partial charge in [0.25, 0.3) is 0 Å². The molecule has 2 heteroatoms. The minimum Gasteiger partial charge on any atom is -0.337 e. The molecule has 0 saturated carbocycles. The molecule has 0 bridgehead atoms. The van der Waals surface area contributed by atoms with Crippen LogP contribution in [0.25, 0.3) is 0 Å². The van der Waals surface area contributed by atoms with Gasteiger partial charge in [-0.05, 0) is 32.6 Å². The molecule has 2 aliphatic rings. The van der Waals surface area contributed by atoms with Gasteiger partial charge in [0.1, 0.15) is 0 Å². The molecule has 2 fully saturated rings. The molecule has 1 amide bonds. The molecule has 2 rings (SSSR count). The Morgan fingerprint density at radius 3 is 2.91 bits per heavy atom. The van der Waals surface area contributed by atoms with Gasteiger partial charge in [-0.25, -0.2) is 0 Å². The van der Waals surface area contributed by atoms with Crippen LogP contribution in [-0.4, -0.2) is 22.9 Å². The van der Waals surface area contributed by atoms with Crippen LogP contribution in [0.4, 0.5) is 0 Å². The molecule has 2 heterocycles. The summed E-state index contributed by atoms with van der Waals surface area (Å²) in [7, 11) is 0. The Hall–Kier alpha value is -0.530. The lowest BCUT2D eigenvalue weighted by Gasteiger charge is -2.35. The highest BCUT2D eigenvalue weighted by Crippen LogP contribution is 2.31. The monoisotopic (exact) mass is 153 g/mol. The van der Waals surface area contributed by atoms with E-state index in [9.17, 15) is 4.79 Å². The first-order valence-electron chi connectivity index (χ1n) is 4.60. The van der Waals surface area contributed by atoms with Gasteiger partial charge in [0, 0.05) is 18.5 Å². The van der Waals surface area contributed by atoms with Crippen molar-refractivity contribution in [1.82, 2.24) is 4.90 Å². The molecule has 2 aliphatic heterocycles. The number of carbonyl (C=O) groups is 1. The molecule has 0 aromatic carbocycles. The van der Waals surface area contributed by atoms with Gasteiger partial charge in [-0.2, -0.15) is 0 Å².